The van der Waals surface area contributed by atoms with Gasteiger partial charge in [0.05, 0.1) is 12.2 Å². The predicted molar refractivity (Wildman–Crippen MR) is 209 cm³/mol. The number of fused-ring (bicyclic) bond motifs is 16. The molecule has 5 heterocycles. The summed E-state index contributed by atoms with van der Waals surface area (Å²) >= 11 is 0. The molecule has 0 radical (unpaired) electrons. The van der Waals surface area contributed by atoms with Gasteiger partial charge in [0.15, 0.2) is 11.4 Å². The molecule has 0 amide bonds. The van der Waals surface area contributed by atoms with Crippen molar-refractivity contribution in [1.29, 1.82) is 0 Å². The second kappa shape index (κ2) is 15.1. The van der Waals surface area contributed by atoms with Crippen molar-refractivity contribution in [1.82, 2.24) is 9.97 Å². The summed E-state index contributed by atoms with van der Waals surface area (Å²) in [7, 11) is 0. The van der Waals surface area contributed by atoms with Gasteiger partial charge in [0.1, 0.15) is 41.2 Å². The van der Waals surface area contributed by atoms with Gasteiger partial charge in [-0.2, -0.15) is 8.78 Å². The van der Waals surface area contributed by atoms with Crippen LogP contribution >= 0.6 is 0 Å². The SMILES string of the molecule is C[C@H]1CC=C2CCC1N1C(=C=Cc3ccccc31)O[C@H]1C[C@@H](C(=O)OC(C)(C)C)N(C1)c1nc(nc3c1oc1ccccc13)C(F)(F)COCCCCC(=O)C2. The van der Waals surface area contributed by atoms with Crippen molar-refractivity contribution >= 4 is 51.4 Å². The predicted octanol–water partition coefficient (Wildman–Crippen LogP) is 9.02. The number of ether oxygens (including phenoxy) is 3. The molecule has 4 aliphatic rings. The molecule has 8 rings (SSSR count). The Morgan fingerprint density at radius 2 is 1.86 bits per heavy atom. The lowest BCUT2D eigenvalue weighted by atomic mass is 9.93. The van der Waals surface area contributed by atoms with E-state index < -0.39 is 42.1 Å². The van der Waals surface area contributed by atoms with Crippen LogP contribution in [-0.4, -0.2) is 65.3 Å². The van der Waals surface area contributed by atoms with Crippen LogP contribution in [-0.2, 0) is 29.7 Å². The van der Waals surface area contributed by atoms with Crippen LogP contribution < -0.4 is 9.80 Å². The number of anilines is 2. The molecule has 0 saturated carbocycles. The minimum absolute atomic E-state index is 0.0206. The van der Waals surface area contributed by atoms with Crippen LogP contribution in [0.2, 0.25) is 0 Å². The zero-order valence-corrected chi connectivity index (χ0v) is 32.4. The number of para-hydroxylation sites is 2. The highest BCUT2D eigenvalue weighted by Gasteiger charge is 2.46. The highest BCUT2D eigenvalue weighted by atomic mass is 19.3. The summed E-state index contributed by atoms with van der Waals surface area (Å²) in [6.07, 6.45) is 7.80. The van der Waals surface area contributed by atoms with Crippen LogP contribution in [0.5, 0.6) is 0 Å². The molecule has 3 aliphatic heterocycles. The average Bonchev–Trinajstić information content (AvgIpc) is 3.71. The molecule has 10 nitrogen and oxygen atoms in total. The molecule has 0 spiro atoms. The number of rotatable bonds is 1. The van der Waals surface area contributed by atoms with Crippen LogP contribution in [0.4, 0.5) is 20.3 Å². The summed E-state index contributed by atoms with van der Waals surface area (Å²) in [5.74, 6) is -3.95. The first-order chi connectivity index (χ1) is 26.8. The minimum Gasteiger partial charge on any atom is -0.468 e. The number of ketones is 1. The molecular formula is C44H48F2N4O6. The third-order valence-electron chi connectivity index (χ3n) is 11.0. The number of carbonyl (C=O) groups is 2. The lowest BCUT2D eigenvalue weighted by Gasteiger charge is -2.39. The standard InChI is InChI=1S/C44H48F2N4O6/c1-27-16-17-28-18-20-33(27)50-34-14-7-5-11-29(34)19-21-37(50)54-31-24-35(41(52)56-43(2,3)4)49(25-31)40-39-38(32-13-6-8-15-36(32)55-39)47-42(48-40)44(45,46)26-53-22-10-9-12-30(51)23-28/h5-8,11,13-15,17,19,27,31,33,35H,9-10,12,16,18,20,22-26H2,1-4H3/t27-,31-,33?,35-/m0/s1. The summed E-state index contributed by atoms with van der Waals surface area (Å²) in [4.78, 5) is 39.9. The number of allylic oxidation sites excluding steroid dienone is 2. The van der Waals surface area contributed by atoms with Gasteiger partial charge >= 0.3 is 11.9 Å². The highest BCUT2D eigenvalue weighted by Crippen LogP contribution is 2.42. The van der Waals surface area contributed by atoms with Crippen molar-refractivity contribution in [2.24, 2.45) is 5.92 Å². The maximum Gasteiger partial charge on any atom is 0.329 e. The van der Waals surface area contributed by atoms with Crippen molar-refractivity contribution in [2.45, 2.75) is 109 Å². The Balaban J connectivity index is 1.24. The second-order valence-electron chi connectivity index (χ2n) is 16.5. The maximum absolute atomic E-state index is 16.1. The Bertz CT molecular complexity index is 2250. The second-order valence-corrected chi connectivity index (χ2v) is 16.5. The summed E-state index contributed by atoms with van der Waals surface area (Å²) in [5.41, 5.74) is 6.55. The van der Waals surface area contributed by atoms with Gasteiger partial charge in [-0.05, 0) is 83.1 Å². The highest BCUT2D eigenvalue weighted by molar-refractivity contribution is 6.06. The molecular weight excluding hydrogens is 719 g/mol. The van der Waals surface area contributed by atoms with Crippen molar-refractivity contribution in [2.75, 3.05) is 29.6 Å². The van der Waals surface area contributed by atoms with E-state index in [0.717, 1.165) is 36.1 Å². The van der Waals surface area contributed by atoms with Gasteiger partial charge in [0, 0.05) is 42.9 Å². The number of hydrogen-bond acceptors (Lipinski definition) is 10. The minimum atomic E-state index is -3.59. The van der Waals surface area contributed by atoms with Crippen molar-refractivity contribution in [3.8, 4) is 0 Å². The Morgan fingerprint density at radius 1 is 1.05 bits per heavy atom. The zero-order chi connectivity index (χ0) is 39.2. The fourth-order valence-electron chi connectivity index (χ4n) is 8.28. The fraction of sp³-hybridized carbons (Fsp3) is 0.477. The van der Waals surface area contributed by atoms with Crippen molar-refractivity contribution < 1.29 is 37.0 Å². The van der Waals surface area contributed by atoms with Gasteiger partial charge < -0.3 is 28.4 Å². The number of alkyl halides is 2. The molecule has 56 heavy (non-hydrogen) atoms. The lowest BCUT2D eigenvalue weighted by molar-refractivity contribution is -0.156. The molecule has 2 aromatic carbocycles. The van der Waals surface area contributed by atoms with E-state index in [1.165, 1.54) is 0 Å². The molecule has 6 bridgehead atoms. The number of hydrogen-bond donors (Lipinski definition) is 0. The molecule has 294 valence electrons. The molecule has 4 aromatic rings. The number of nitrogens with zero attached hydrogens (tertiary/aromatic N) is 4. The number of benzene rings is 2. The zero-order valence-electron chi connectivity index (χ0n) is 32.4. The average molecular weight is 767 g/mol. The van der Waals surface area contributed by atoms with Crippen LogP contribution in [0.3, 0.4) is 0 Å². The Hall–Kier alpha value is -5.06. The van der Waals surface area contributed by atoms with Gasteiger partial charge in [-0.3, -0.25) is 4.79 Å². The van der Waals surface area contributed by atoms with E-state index in [9.17, 15) is 9.59 Å². The van der Waals surface area contributed by atoms with Crippen molar-refractivity contribution in [3.05, 3.63) is 83.2 Å². The summed E-state index contributed by atoms with van der Waals surface area (Å²) in [6.45, 7) is 6.81. The molecule has 12 heteroatoms. The van der Waals surface area contributed by atoms with E-state index in [0.29, 0.717) is 42.5 Å². The van der Waals surface area contributed by atoms with Gasteiger partial charge in [-0.1, -0.05) is 54.6 Å². The smallest absolute Gasteiger partial charge is 0.329 e. The number of aromatic nitrogens is 2. The largest absolute Gasteiger partial charge is 0.468 e. The monoisotopic (exact) mass is 766 g/mol. The third kappa shape index (κ3) is 7.69. The molecule has 2 aromatic heterocycles. The van der Waals surface area contributed by atoms with Gasteiger partial charge in [-0.25, -0.2) is 14.8 Å². The van der Waals surface area contributed by atoms with E-state index in [-0.39, 0.29) is 54.2 Å². The van der Waals surface area contributed by atoms with E-state index in [4.69, 9.17) is 18.6 Å². The molecule has 1 saturated heterocycles. The number of halogens is 2. The Labute approximate surface area is 325 Å². The van der Waals surface area contributed by atoms with E-state index in [2.05, 4.69) is 39.7 Å². The first kappa shape index (κ1) is 37.8. The molecule has 1 unspecified atom stereocenters. The van der Waals surface area contributed by atoms with Gasteiger partial charge in [-0.15, -0.1) is 0 Å². The van der Waals surface area contributed by atoms with Gasteiger partial charge in [0.25, 0.3) is 0 Å². The summed E-state index contributed by atoms with van der Waals surface area (Å²) in [5, 5.41) is 0.540. The first-order valence-corrected chi connectivity index (χ1v) is 19.7. The van der Waals surface area contributed by atoms with Crippen LogP contribution in [0, 0.1) is 5.92 Å². The van der Waals surface area contributed by atoms with Crippen LogP contribution in [0.15, 0.2) is 76.2 Å². The number of carbonyl (C=O) groups excluding carboxylic acids is 2. The number of Topliss-reactive ketones (excluding diaryl/α,β-unsaturated/α-hetero) is 1. The topological polar surface area (TPSA) is 107 Å². The normalized spacial score (nSPS) is 24.6. The lowest BCUT2D eigenvalue weighted by Crippen LogP contribution is -2.42. The van der Waals surface area contributed by atoms with Crippen molar-refractivity contribution in [3.63, 3.8) is 0 Å². The Morgan fingerprint density at radius 3 is 2.70 bits per heavy atom. The molecule has 1 aliphatic carbocycles. The maximum atomic E-state index is 16.1. The van der Waals surface area contributed by atoms with E-state index in [1.54, 1.807) is 49.9 Å². The summed E-state index contributed by atoms with van der Waals surface area (Å²) in [6, 6.07) is 14.3. The Kier molecular flexibility index (Phi) is 10.2. The first-order valence-electron chi connectivity index (χ1n) is 19.7. The molecule has 0 N–H and O–H groups in total. The number of esters is 1. The third-order valence-corrected chi connectivity index (χ3v) is 11.0. The van der Waals surface area contributed by atoms with Crippen LogP contribution in [0.1, 0.15) is 90.4 Å². The van der Waals surface area contributed by atoms with E-state index in [1.807, 2.05) is 24.3 Å². The quantitative estimate of drug-likeness (QED) is 0.106. The van der Waals surface area contributed by atoms with Crippen LogP contribution in [0.25, 0.3) is 28.1 Å². The number of furan rings is 1. The molecule has 4 atom stereocenters. The van der Waals surface area contributed by atoms with Gasteiger partial charge in [0.2, 0.25) is 11.7 Å². The molecule has 1 fully saturated rings. The fourth-order valence-corrected chi connectivity index (χ4v) is 8.28. The van der Waals surface area contributed by atoms with E-state index >= 15 is 8.78 Å². The summed E-state index contributed by atoms with van der Waals surface area (Å²) < 4.78 is 56.9.